The summed E-state index contributed by atoms with van der Waals surface area (Å²) in [5.74, 6) is 1.76. The van der Waals surface area contributed by atoms with E-state index in [0.29, 0.717) is 6.04 Å². The number of hydrogen-bond donors (Lipinski definition) is 0. The van der Waals surface area contributed by atoms with Crippen molar-refractivity contribution in [2.45, 2.75) is 19.9 Å². The summed E-state index contributed by atoms with van der Waals surface area (Å²) >= 11 is 0. The van der Waals surface area contributed by atoms with Gasteiger partial charge in [0.1, 0.15) is 11.5 Å². The van der Waals surface area contributed by atoms with Crippen LogP contribution in [-0.4, -0.2) is 18.8 Å². The van der Waals surface area contributed by atoms with Crippen molar-refractivity contribution < 1.29 is 9.47 Å². The van der Waals surface area contributed by atoms with E-state index in [0.717, 1.165) is 11.5 Å². The number of hydrogen-bond acceptors (Lipinski definition) is 2. The summed E-state index contributed by atoms with van der Waals surface area (Å²) in [7, 11) is 3.40. The van der Waals surface area contributed by atoms with Crippen LogP contribution < -0.4 is 9.47 Å². The highest BCUT2D eigenvalue weighted by Gasteiger charge is 2.14. The maximum absolute atomic E-state index is 5.36. The number of ether oxygens (including phenoxy) is 2. The van der Waals surface area contributed by atoms with Crippen LogP contribution in [0.25, 0.3) is 21.8 Å². The summed E-state index contributed by atoms with van der Waals surface area (Å²) in [6, 6.07) is 12.9. The Balaban J connectivity index is 2.45. The fraction of sp³-hybridized carbons (Fsp3) is 0.294. The van der Waals surface area contributed by atoms with E-state index >= 15 is 0 Å². The Morgan fingerprint density at radius 2 is 1.25 bits per heavy atom. The molecule has 1 heterocycles. The Labute approximate surface area is 118 Å². The Bertz CT molecular complexity index is 710. The quantitative estimate of drug-likeness (QED) is 0.704. The van der Waals surface area contributed by atoms with Gasteiger partial charge in [-0.15, -0.1) is 0 Å². The molecule has 0 N–H and O–H groups in total. The molecular formula is C17H19NO2. The van der Waals surface area contributed by atoms with Crippen molar-refractivity contribution in [3.8, 4) is 11.5 Å². The van der Waals surface area contributed by atoms with Gasteiger partial charge in [-0.1, -0.05) is 0 Å². The first-order chi connectivity index (χ1) is 9.65. The number of benzene rings is 2. The number of rotatable bonds is 3. The molecule has 20 heavy (non-hydrogen) atoms. The van der Waals surface area contributed by atoms with Crippen LogP contribution >= 0.6 is 0 Å². The van der Waals surface area contributed by atoms with E-state index in [4.69, 9.17) is 9.47 Å². The van der Waals surface area contributed by atoms with Gasteiger partial charge in [-0.3, -0.25) is 0 Å². The van der Waals surface area contributed by atoms with Crippen LogP contribution in [0.2, 0.25) is 0 Å². The van der Waals surface area contributed by atoms with Crippen LogP contribution in [0.4, 0.5) is 0 Å². The highest BCUT2D eigenvalue weighted by atomic mass is 16.5. The first-order valence-electron chi connectivity index (χ1n) is 6.81. The molecule has 0 aliphatic heterocycles. The van der Waals surface area contributed by atoms with Gasteiger partial charge in [0.15, 0.2) is 0 Å². The van der Waals surface area contributed by atoms with Crippen LogP contribution in [0, 0.1) is 0 Å². The van der Waals surface area contributed by atoms with Gasteiger partial charge >= 0.3 is 0 Å². The molecule has 0 unspecified atom stereocenters. The molecule has 0 aliphatic carbocycles. The fourth-order valence-electron chi connectivity index (χ4n) is 2.82. The first kappa shape index (κ1) is 12.9. The molecule has 0 fully saturated rings. The molecule has 0 bridgehead atoms. The number of fused-ring (bicyclic) bond motifs is 3. The summed E-state index contributed by atoms with van der Waals surface area (Å²) in [4.78, 5) is 0. The second kappa shape index (κ2) is 4.75. The van der Waals surface area contributed by atoms with Gasteiger partial charge in [0, 0.05) is 27.8 Å². The molecule has 0 saturated carbocycles. The number of aromatic nitrogens is 1. The maximum Gasteiger partial charge on any atom is 0.119 e. The van der Waals surface area contributed by atoms with Crippen LogP contribution in [0.1, 0.15) is 19.9 Å². The molecule has 3 rings (SSSR count). The third-order valence-electron chi connectivity index (χ3n) is 3.73. The molecule has 1 aromatic heterocycles. The average Bonchev–Trinajstić information content (AvgIpc) is 2.79. The summed E-state index contributed by atoms with van der Waals surface area (Å²) in [5, 5.41) is 2.40. The molecule has 0 saturated heterocycles. The summed E-state index contributed by atoms with van der Waals surface area (Å²) in [6.07, 6.45) is 0. The topological polar surface area (TPSA) is 23.4 Å². The fourth-order valence-corrected chi connectivity index (χ4v) is 2.82. The highest BCUT2D eigenvalue weighted by molar-refractivity contribution is 6.09. The van der Waals surface area contributed by atoms with Crippen molar-refractivity contribution in [3.05, 3.63) is 36.4 Å². The summed E-state index contributed by atoms with van der Waals surface area (Å²) in [5.41, 5.74) is 2.45. The highest BCUT2D eigenvalue weighted by Crippen LogP contribution is 2.35. The van der Waals surface area contributed by atoms with E-state index in [2.05, 4.69) is 42.7 Å². The molecule has 0 atom stereocenters. The monoisotopic (exact) mass is 269 g/mol. The number of nitrogens with zero attached hydrogens (tertiary/aromatic N) is 1. The SMILES string of the molecule is COc1ccc2c(c1)c1cc(OC)ccc1n2C(C)C. The van der Waals surface area contributed by atoms with E-state index in [1.54, 1.807) is 14.2 Å². The Kier molecular flexibility index (Phi) is 3.05. The lowest BCUT2D eigenvalue weighted by Crippen LogP contribution is -1.99. The first-order valence-corrected chi connectivity index (χ1v) is 6.81. The van der Waals surface area contributed by atoms with Crippen molar-refractivity contribution in [1.82, 2.24) is 4.57 Å². The van der Waals surface area contributed by atoms with Gasteiger partial charge in [0.05, 0.1) is 14.2 Å². The van der Waals surface area contributed by atoms with Gasteiger partial charge in [-0.05, 0) is 50.2 Å². The lowest BCUT2D eigenvalue weighted by atomic mass is 10.1. The van der Waals surface area contributed by atoms with Crippen LogP contribution in [-0.2, 0) is 0 Å². The predicted octanol–water partition coefficient (Wildman–Crippen LogP) is 4.39. The molecule has 3 nitrogen and oxygen atoms in total. The third-order valence-corrected chi connectivity index (χ3v) is 3.73. The molecule has 0 aliphatic rings. The molecule has 2 aromatic carbocycles. The minimum Gasteiger partial charge on any atom is -0.497 e. The van der Waals surface area contributed by atoms with Crippen molar-refractivity contribution in [3.63, 3.8) is 0 Å². The minimum absolute atomic E-state index is 0.400. The molecule has 0 spiro atoms. The van der Waals surface area contributed by atoms with E-state index in [1.807, 2.05) is 12.1 Å². The van der Waals surface area contributed by atoms with Crippen molar-refractivity contribution in [2.75, 3.05) is 14.2 Å². The van der Waals surface area contributed by atoms with Gasteiger partial charge in [-0.2, -0.15) is 0 Å². The second-order valence-electron chi connectivity index (χ2n) is 5.23. The molecule has 3 aromatic rings. The lowest BCUT2D eigenvalue weighted by Gasteiger charge is -2.11. The van der Waals surface area contributed by atoms with E-state index in [1.165, 1.54) is 21.8 Å². The van der Waals surface area contributed by atoms with Crippen LogP contribution in [0.3, 0.4) is 0 Å². The molecule has 3 heteroatoms. The third kappa shape index (κ3) is 1.82. The molecule has 104 valence electrons. The minimum atomic E-state index is 0.400. The zero-order chi connectivity index (χ0) is 14.3. The van der Waals surface area contributed by atoms with E-state index < -0.39 is 0 Å². The molecule has 0 amide bonds. The largest absolute Gasteiger partial charge is 0.497 e. The summed E-state index contributed by atoms with van der Waals surface area (Å²) < 4.78 is 13.1. The second-order valence-corrected chi connectivity index (χ2v) is 5.23. The standard InChI is InChI=1S/C17H19NO2/c1-11(2)18-16-7-5-12(19-3)9-14(16)15-10-13(20-4)6-8-17(15)18/h5-11H,1-4H3. The summed E-state index contributed by atoms with van der Waals surface area (Å²) in [6.45, 7) is 4.40. The van der Waals surface area contributed by atoms with Gasteiger partial charge in [0.25, 0.3) is 0 Å². The Morgan fingerprint density at radius 1 is 0.800 bits per heavy atom. The maximum atomic E-state index is 5.36. The smallest absolute Gasteiger partial charge is 0.119 e. The van der Waals surface area contributed by atoms with E-state index in [-0.39, 0.29) is 0 Å². The molecule has 0 radical (unpaired) electrons. The zero-order valence-electron chi connectivity index (χ0n) is 12.3. The normalized spacial score (nSPS) is 11.4. The van der Waals surface area contributed by atoms with Gasteiger partial charge < -0.3 is 14.0 Å². The Morgan fingerprint density at radius 3 is 1.60 bits per heavy atom. The van der Waals surface area contributed by atoms with Crippen LogP contribution in [0.5, 0.6) is 11.5 Å². The van der Waals surface area contributed by atoms with Crippen molar-refractivity contribution in [1.29, 1.82) is 0 Å². The zero-order valence-corrected chi connectivity index (χ0v) is 12.3. The van der Waals surface area contributed by atoms with Crippen molar-refractivity contribution >= 4 is 21.8 Å². The van der Waals surface area contributed by atoms with E-state index in [9.17, 15) is 0 Å². The Hall–Kier alpha value is -2.16. The number of methoxy groups -OCH3 is 2. The predicted molar refractivity (Wildman–Crippen MR) is 82.9 cm³/mol. The van der Waals surface area contributed by atoms with Gasteiger partial charge in [-0.25, -0.2) is 0 Å². The van der Waals surface area contributed by atoms with Crippen LogP contribution in [0.15, 0.2) is 36.4 Å². The molecular weight excluding hydrogens is 250 g/mol. The van der Waals surface area contributed by atoms with Crippen molar-refractivity contribution in [2.24, 2.45) is 0 Å². The van der Waals surface area contributed by atoms with Gasteiger partial charge in [0.2, 0.25) is 0 Å². The average molecular weight is 269 g/mol. The lowest BCUT2D eigenvalue weighted by molar-refractivity contribution is 0.415.